The van der Waals surface area contributed by atoms with E-state index < -0.39 is 0 Å². The molecule has 8 heteroatoms. The van der Waals surface area contributed by atoms with Gasteiger partial charge in [0, 0.05) is 45.5 Å². The normalized spacial score (nSPS) is 17.8. The van der Waals surface area contributed by atoms with E-state index >= 15 is 0 Å². The topological polar surface area (TPSA) is 87.7 Å². The molecule has 0 saturated carbocycles. The van der Waals surface area contributed by atoms with Gasteiger partial charge in [0.05, 0.1) is 25.4 Å². The van der Waals surface area contributed by atoms with Gasteiger partial charge in [-0.2, -0.15) is 0 Å². The monoisotopic (exact) mass is 437 g/mol. The summed E-state index contributed by atoms with van der Waals surface area (Å²) < 4.78 is 5.20. The molecule has 1 saturated heterocycles. The molecule has 0 aliphatic carbocycles. The van der Waals surface area contributed by atoms with Crippen molar-refractivity contribution in [2.75, 3.05) is 32.6 Å². The summed E-state index contributed by atoms with van der Waals surface area (Å²) in [5.74, 6) is 2.48. The van der Waals surface area contributed by atoms with E-state index in [1.54, 1.807) is 14.0 Å². The molecule has 0 spiro atoms. The summed E-state index contributed by atoms with van der Waals surface area (Å²) >= 11 is 0. The van der Waals surface area contributed by atoms with Crippen LogP contribution in [0.3, 0.4) is 0 Å². The molecule has 1 atom stereocenters. The second-order valence-corrected chi connectivity index (χ2v) is 8.39. The highest BCUT2D eigenvalue weighted by Gasteiger charge is 2.33. The third-order valence-corrected chi connectivity index (χ3v) is 6.42. The SMILES string of the molecule is CNc1nc(C2CCCN2C(=O)CCc2ccc(OC)cc2)nc2c1CN(C(C)=O)CC2. The van der Waals surface area contributed by atoms with Crippen LogP contribution in [0, 0.1) is 0 Å². The average molecular weight is 438 g/mol. The lowest BCUT2D eigenvalue weighted by Crippen LogP contribution is -2.36. The predicted octanol–water partition coefficient (Wildman–Crippen LogP) is 2.73. The first-order valence-corrected chi connectivity index (χ1v) is 11.3. The van der Waals surface area contributed by atoms with E-state index in [1.165, 1.54) is 0 Å². The molecule has 8 nitrogen and oxygen atoms in total. The Kier molecular flexibility index (Phi) is 6.58. The molecule has 2 aliphatic rings. The number of likely N-dealkylation sites (tertiary alicyclic amines) is 1. The third kappa shape index (κ3) is 4.54. The number of aromatic nitrogens is 2. The van der Waals surface area contributed by atoms with Crippen LogP contribution in [0.5, 0.6) is 5.75 Å². The number of carbonyl (C=O) groups excluding carboxylic acids is 2. The Morgan fingerprint density at radius 3 is 2.66 bits per heavy atom. The van der Waals surface area contributed by atoms with E-state index in [1.807, 2.05) is 41.1 Å². The maximum absolute atomic E-state index is 13.1. The van der Waals surface area contributed by atoms with Crippen LogP contribution in [-0.4, -0.2) is 58.8 Å². The number of carbonyl (C=O) groups is 2. The molecule has 1 unspecified atom stereocenters. The zero-order valence-corrected chi connectivity index (χ0v) is 19.1. The average Bonchev–Trinajstić information content (AvgIpc) is 3.32. The number of rotatable bonds is 6. The molecule has 1 aromatic heterocycles. The van der Waals surface area contributed by atoms with Crippen molar-refractivity contribution in [1.29, 1.82) is 0 Å². The number of fused-ring (bicyclic) bond motifs is 1. The molecule has 3 heterocycles. The molecular weight excluding hydrogens is 406 g/mol. The van der Waals surface area contributed by atoms with Crippen molar-refractivity contribution >= 4 is 17.6 Å². The van der Waals surface area contributed by atoms with Crippen molar-refractivity contribution in [3.05, 3.63) is 46.9 Å². The number of amides is 2. The lowest BCUT2D eigenvalue weighted by atomic mass is 10.0. The summed E-state index contributed by atoms with van der Waals surface area (Å²) in [7, 11) is 3.49. The number of hydrogen-bond acceptors (Lipinski definition) is 6. The highest BCUT2D eigenvalue weighted by Crippen LogP contribution is 2.33. The van der Waals surface area contributed by atoms with Gasteiger partial charge in [0.1, 0.15) is 11.6 Å². The summed E-state index contributed by atoms with van der Waals surface area (Å²) in [5.41, 5.74) is 3.08. The molecule has 1 fully saturated rings. The first-order chi connectivity index (χ1) is 15.5. The van der Waals surface area contributed by atoms with Crippen LogP contribution >= 0.6 is 0 Å². The maximum Gasteiger partial charge on any atom is 0.223 e. The fourth-order valence-corrected chi connectivity index (χ4v) is 4.58. The van der Waals surface area contributed by atoms with E-state index in [9.17, 15) is 9.59 Å². The molecule has 1 N–H and O–H groups in total. The van der Waals surface area contributed by atoms with Crippen LogP contribution in [-0.2, 0) is 29.0 Å². The van der Waals surface area contributed by atoms with Crippen molar-refractivity contribution < 1.29 is 14.3 Å². The van der Waals surface area contributed by atoms with E-state index in [2.05, 4.69) is 5.32 Å². The quantitative estimate of drug-likeness (QED) is 0.748. The van der Waals surface area contributed by atoms with Gasteiger partial charge in [-0.3, -0.25) is 9.59 Å². The maximum atomic E-state index is 13.1. The number of nitrogens with zero attached hydrogens (tertiary/aromatic N) is 4. The van der Waals surface area contributed by atoms with Crippen LogP contribution in [0.15, 0.2) is 24.3 Å². The molecule has 1 aromatic carbocycles. The smallest absolute Gasteiger partial charge is 0.223 e. The van der Waals surface area contributed by atoms with Crippen molar-refractivity contribution in [1.82, 2.24) is 19.8 Å². The first-order valence-electron chi connectivity index (χ1n) is 11.3. The molecule has 4 rings (SSSR count). The summed E-state index contributed by atoms with van der Waals surface area (Å²) in [6.45, 7) is 3.51. The van der Waals surface area contributed by atoms with Crippen molar-refractivity contribution in [3.63, 3.8) is 0 Å². The Morgan fingerprint density at radius 1 is 1.19 bits per heavy atom. The van der Waals surface area contributed by atoms with Crippen LogP contribution < -0.4 is 10.1 Å². The summed E-state index contributed by atoms with van der Waals surface area (Å²) in [6, 6.07) is 7.76. The van der Waals surface area contributed by atoms with Crippen LogP contribution in [0.25, 0.3) is 0 Å². The predicted molar refractivity (Wildman–Crippen MR) is 121 cm³/mol. The number of nitrogens with one attached hydrogen (secondary N) is 1. The van der Waals surface area contributed by atoms with E-state index in [0.717, 1.165) is 47.8 Å². The Labute approximate surface area is 189 Å². The second kappa shape index (κ2) is 9.54. The molecule has 32 heavy (non-hydrogen) atoms. The number of benzene rings is 1. The van der Waals surface area contributed by atoms with Gasteiger partial charge in [-0.25, -0.2) is 9.97 Å². The van der Waals surface area contributed by atoms with Gasteiger partial charge in [-0.15, -0.1) is 0 Å². The van der Waals surface area contributed by atoms with Gasteiger partial charge >= 0.3 is 0 Å². The standard InChI is InChI=1S/C24H31N5O3/c1-16(30)28-14-12-20-19(15-28)23(25-2)27-24(26-20)21-5-4-13-29(21)22(31)11-8-17-6-9-18(32-3)10-7-17/h6-7,9-10,21H,4-5,8,11-15H2,1-3H3,(H,25,26,27). The summed E-state index contributed by atoms with van der Waals surface area (Å²) in [5, 5.41) is 3.18. The van der Waals surface area contributed by atoms with E-state index in [0.29, 0.717) is 38.2 Å². The van der Waals surface area contributed by atoms with Gasteiger partial charge < -0.3 is 19.9 Å². The third-order valence-electron chi connectivity index (χ3n) is 6.42. The lowest BCUT2D eigenvalue weighted by molar-refractivity contribution is -0.132. The van der Waals surface area contributed by atoms with Crippen LogP contribution in [0.1, 0.15) is 54.9 Å². The van der Waals surface area contributed by atoms with E-state index in [-0.39, 0.29) is 17.9 Å². The lowest BCUT2D eigenvalue weighted by Gasteiger charge is -2.30. The van der Waals surface area contributed by atoms with Crippen molar-refractivity contribution in [2.24, 2.45) is 0 Å². The Bertz CT molecular complexity index is 975. The second-order valence-electron chi connectivity index (χ2n) is 8.39. The van der Waals surface area contributed by atoms with Gasteiger partial charge in [0.2, 0.25) is 11.8 Å². The summed E-state index contributed by atoms with van der Waals surface area (Å²) in [6.07, 6.45) is 3.68. The highest BCUT2D eigenvalue weighted by atomic mass is 16.5. The molecule has 2 aromatic rings. The van der Waals surface area contributed by atoms with E-state index in [4.69, 9.17) is 14.7 Å². The molecule has 0 bridgehead atoms. The highest BCUT2D eigenvalue weighted by molar-refractivity contribution is 5.77. The first kappa shape index (κ1) is 22.0. The van der Waals surface area contributed by atoms with Gasteiger partial charge in [-0.05, 0) is 37.0 Å². The molecule has 2 amide bonds. The number of hydrogen-bond donors (Lipinski definition) is 1. The molecule has 2 aliphatic heterocycles. The Morgan fingerprint density at radius 2 is 1.97 bits per heavy atom. The largest absolute Gasteiger partial charge is 0.497 e. The zero-order valence-electron chi connectivity index (χ0n) is 19.1. The van der Waals surface area contributed by atoms with Crippen LogP contribution in [0.2, 0.25) is 0 Å². The van der Waals surface area contributed by atoms with Crippen molar-refractivity contribution in [2.45, 2.75) is 51.6 Å². The Hall–Kier alpha value is -3.16. The molecular formula is C24H31N5O3. The van der Waals surface area contributed by atoms with Gasteiger partial charge in [-0.1, -0.05) is 12.1 Å². The van der Waals surface area contributed by atoms with Crippen molar-refractivity contribution in [3.8, 4) is 5.75 Å². The zero-order chi connectivity index (χ0) is 22.7. The number of anilines is 1. The number of aryl methyl sites for hydroxylation is 1. The number of methoxy groups -OCH3 is 1. The minimum atomic E-state index is -0.0957. The minimum absolute atomic E-state index is 0.0613. The minimum Gasteiger partial charge on any atom is -0.497 e. The molecule has 0 radical (unpaired) electrons. The van der Waals surface area contributed by atoms with Crippen LogP contribution in [0.4, 0.5) is 5.82 Å². The fourth-order valence-electron chi connectivity index (χ4n) is 4.58. The van der Waals surface area contributed by atoms with Gasteiger partial charge in [0.15, 0.2) is 5.82 Å². The fraction of sp³-hybridized carbons (Fsp3) is 0.500. The van der Waals surface area contributed by atoms with Gasteiger partial charge in [0.25, 0.3) is 0 Å². The summed E-state index contributed by atoms with van der Waals surface area (Å²) in [4.78, 5) is 38.3. The molecule has 170 valence electrons. The Balaban J connectivity index is 1.49. The number of ether oxygens (including phenoxy) is 1.